The number of hydrogen-bond donors (Lipinski definition) is 1. The van der Waals surface area contributed by atoms with E-state index in [0.29, 0.717) is 5.92 Å². The van der Waals surface area contributed by atoms with Crippen LogP contribution in [0.4, 0.5) is 0 Å². The summed E-state index contributed by atoms with van der Waals surface area (Å²) in [5.41, 5.74) is -0.436. The summed E-state index contributed by atoms with van der Waals surface area (Å²) in [5.74, 6) is 0.322. The molecule has 1 aliphatic rings. The van der Waals surface area contributed by atoms with Crippen LogP contribution >= 0.6 is 0 Å². The molecule has 0 amide bonds. The van der Waals surface area contributed by atoms with Crippen LogP contribution in [0.15, 0.2) is 0 Å². The van der Waals surface area contributed by atoms with Gasteiger partial charge in [-0.05, 0) is 19.3 Å². The maximum Gasteiger partial charge on any atom is 0.161 e. The highest BCUT2D eigenvalue weighted by Crippen LogP contribution is 2.35. The third-order valence-electron chi connectivity index (χ3n) is 3.36. The maximum absolute atomic E-state index is 10.4. The second kappa shape index (κ2) is 6.91. The second-order valence-electron chi connectivity index (χ2n) is 4.89. The molecule has 1 aliphatic carbocycles. The Morgan fingerprint density at radius 1 is 1.19 bits per heavy atom. The first-order chi connectivity index (χ1) is 7.61. The molecule has 0 aromatic carbocycles. The summed E-state index contributed by atoms with van der Waals surface area (Å²) in [6, 6.07) is 0. The normalized spacial score (nSPS) is 24.8. The Bertz CT molecular complexity index is 190. The number of rotatable bonds is 7. The van der Waals surface area contributed by atoms with Gasteiger partial charge in [0.1, 0.15) is 6.29 Å². The van der Waals surface area contributed by atoms with Crippen LogP contribution in [0.5, 0.6) is 0 Å². The van der Waals surface area contributed by atoms with E-state index in [1.54, 1.807) is 0 Å². The molecular weight excluding hydrogens is 236 g/mol. The van der Waals surface area contributed by atoms with Crippen LogP contribution in [-0.4, -0.2) is 36.5 Å². The van der Waals surface area contributed by atoms with Gasteiger partial charge in [0.2, 0.25) is 0 Å². The maximum atomic E-state index is 10.4. The van der Waals surface area contributed by atoms with Gasteiger partial charge in [-0.2, -0.15) is 0 Å². The molecule has 0 heterocycles. The molecule has 5 heteroatoms. The topological polar surface area (TPSA) is 38.7 Å². The molecule has 0 spiro atoms. The molecule has 0 saturated heterocycles. The van der Waals surface area contributed by atoms with Gasteiger partial charge in [0.05, 0.1) is 5.60 Å². The van der Waals surface area contributed by atoms with E-state index in [1.807, 2.05) is 0 Å². The van der Waals surface area contributed by atoms with E-state index in [2.05, 4.69) is 20.0 Å². The van der Waals surface area contributed by atoms with Gasteiger partial charge in [-0.3, -0.25) is 0 Å². The molecule has 1 atom stereocenters. The molecule has 1 saturated carbocycles. The average Bonchev–Trinajstić information content (AvgIpc) is 2.64. The molecule has 96 valence electrons. The van der Waals surface area contributed by atoms with E-state index in [1.165, 1.54) is 12.8 Å². The predicted octanol–water partition coefficient (Wildman–Crippen LogP) is 0.941. The first kappa shape index (κ1) is 14.4. The molecule has 3 nitrogen and oxygen atoms in total. The lowest BCUT2D eigenvalue weighted by Gasteiger charge is -2.31. The zero-order chi connectivity index (χ0) is 12.0. The number of hydrogen-bond acceptors (Lipinski definition) is 3. The molecule has 1 rings (SSSR count). The van der Waals surface area contributed by atoms with E-state index in [4.69, 9.17) is 8.85 Å². The standard InChI is InChI=1S/C11H26O3Si2/c1-9(10(13-15-2)14-16-3)8-11(12)6-4-5-7-11/h9-10,12H,4-8,15-16H2,1-3H3. The van der Waals surface area contributed by atoms with E-state index < -0.39 is 25.1 Å². The zero-order valence-electron chi connectivity index (χ0n) is 10.9. The Morgan fingerprint density at radius 2 is 1.69 bits per heavy atom. The summed E-state index contributed by atoms with van der Waals surface area (Å²) >= 11 is 0. The molecule has 1 N–H and O–H groups in total. The Morgan fingerprint density at radius 3 is 2.12 bits per heavy atom. The van der Waals surface area contributed by atoms with Crippen molar-refractivity contribution in [3.8, 4) is 0 Å². The van der Waals surface area contributed by atoms with Gasteiger partial charge in [0.25, 0.3) is 0 Å². The number of aliphatic hydroxyl groups is 1. The van der Waals surface area contributed by atoms with Gasteiger partial charge < -0.3 is 14.0 Å². The quantitative estimate of drug-likeness (QED) is 0.548. The van der Waals surface area contributed by atoms with Crippen molar-refractivity contribution < 1.29 is 14.0 Å². The summed E-state index contributed by atoms with van der Waals surface area (Å²) in [5, 5.41) is 10.4. The molecule has 0 bridgehead atoms. The van der Waals surface area contributed by atoms with E-state index in [0.717, 1.165) is 19.3 Å². The molecule has 0 radical (unpaired) electrons. The van der Waals surface area contributed by atoms with Gasteiger partial charge in [-0.25, -0.2) is 0 Å². The van der Waals surface area contributed by atoms with Crippen LogP contribution in [0.2, 0.25) is 13.1 Å². The molecule has 1 fully saturated rings. The first-order valence-corrected chi connectivity index (χ1v) is 10.5. The first-order valence-electron chi connectivity index (χ1n) is 6.57. The van der Waals surface area contributed by atoms with Crippen molar-refractivity contribution >= 4 is 19.5 Å². The fraction of sp³-hybridized carbons (Fsp3) is 1.00. The van der Waals surface area contributed by atoms with Crippen LogP contribution in [0.3, 0.4) is 0 Å². The third-order valence-corrected chi connectivity index (χ3v) is 4.69. The molecule has 0 aromatic rings. The van der Waals surface area contributed by atoms with Gasteiger partial charge in [0.15, 0.2) is 19.5 Å². The van der Waals surface area contributed by atoms with Crippen molar-refractivity contribution in [3.05, 3.63) is 0 Å². The van der Waals surface area contributed by atoms with Crippen molar-refractivity contribution in [1.29, 1.82) is 0 Å². The lowest BCUT2D eigenvalue weighted by molar-refractivity contribution is -0.0669. The zero-order valence-corrected chi connectivity index (χ0v) is 13.7. The fourth-order valence-electron chi connectivity index (χ4n) is 2.64. The van der Waals surface area contributed by atoms with Crippen LogP contribution < -0.4 is 0 Å². The van der Waals surface area contributed by atoms with Crippen molar-refractivity contribution in [2.75, 3.05) is 0 Å². The van der Waals surface area contributed by atoms with Gasteiger partial charge in [-0.1, -0.05) is 32.9 Å². The predicted molar refractivity (Wildman–Crippen MR) is 72.0 cm³/mol. The molecular formula is C11H26O3Si2. The Balaban J connectivity index is 2.43. The summed E-state index contributed by atoms with van der Waals surface area (Å²) < 4.78 is 11.5. The van der Waals surface area contributed by atoms with Crippen molar-refractivity contribution in [2.45, 2.75) is 64.0 Å². The summed E-state index contributed by atoms with van der Waals surface area (Å²) in [6.45, 7) is 6.41. The Hall–Kier alpha value is 0.314. The van der Waals surface area contributed by atoms with E-state index in [9.17, 15) is 5.11 Å². The highest BCUT2D eigenvalue weighted by Gasteiger charge is 2.34. The van der Waals surface area contributed by atoms with Crippen molar-refractivity contribution in [1.82, 2.24) is 0 Å². The van der Waals surface area contributed by atoms with Crippen LogP contribution in [-0.2, 0) is 8.85 Å². The molecule has 1 unspecified atom stereocenters. The minimum absolute atomic E-state index is 0.0436. The van der Waals surface area contributed by atoms with Crippen LogP contribution in [0.25, 0.3) is 0 Å². The highest BCUT2D eigenvalue weighted by molar-refractivity contribution is 6.26. The second-order valence-corrected chi connectivity index (χ2v) is 6.71. The van der Waals surface area contributed by atoms with Gasteiger partial charge >= 0.3 is 0 Å². The van der Waals surface area contributed by atoms with Crippen LogP contribution in [0.1, 0.15) is 39.0 Å². The highest BCUT2D eigenvalue weighted by atomic mass is 28.2. The van der Waals surface area contributed by atoms with E-state index in [-0.39, 0.29) is 6.29 Å². The van der Waals surface area contributed by atoms with E-state index >= 15 is 0 Å². The lowest BCUT2D eigenvalue weighted by Crippen LogP contribution is -2.35. The minimum atomic E-state index is -0.436. The lowest BCUT2D eigenvalue weighted by atomic mass is 9.90. The Labute approximate surface area is 104 Å². The minimum Gasteiger partial charge on any atom is -0.400 e. The molecule has 16 heavy (non-hydrogen) atoms. The smallest absolute Gasteiger partial charge is 0.161 e. The van der Waals surface area contributed by atoms with Gasteiger partial charge in [0, 0.05) is 5.92 Å². The van der Waals surface area contributed by atoms with Crippen LogP contribution in [0, 0.1) is 5.92 Å². The average molecular weight is 262 g/mol. The SMILES string of the molecule is C[SiH2]OC(O[SiH2]C)C(C)CC1(O)CCCC1. The monoisotopic (exact) mass is 262 g/mol. The summed E-state index contributed by atoms with van der Waals surface area (Å²) in [6.07, 6.45) is 5.04. The molecule has 0 aliphatic heterocycles. The summed E-state index contributed by atoms with van der Waals surface area (Å²) in [4.78, 5) is 0. The van der Waals surface area contributed by atoms with Crippen molar-refractivity contribution in [3.63, 3.8) is 0 Å². The van der Waals surface area contributed by atoms with Gasteiger partial charge in [-0.15, -0.1) is 0 Å². The third kappa shape index (κ3) is 4.29. The molecule has 0 aromatic heterocycles. The largest absolute Gasteiger partial charge is 0.400 e. The fourth-order valence-corrected chi connectivity index (χ4v) is 4.34. The summed E-state index contributed by atoms with van der Waals surface area (Å²) in [7, 11) is -0.862. The van der Waals surface area contributed by atoms with Crippen molar-refractivity contribution in [2.24, 2.45) is 5.92 Å². The Kier molecular flexibility index (Phi) is 6.21.